The molecule has 38 heavy (non-hydrogen) atoms. The quantitative estimate of drug-likeness (QED) is 0.404. The van der Waals surface area contributed by atoms with Crippen molar-refractivity contribution in [2.75, 3.05) is 11.5 Å². The van der Waals surface area contributed by atoms with Crippen molar-refractivity contribution in [1.82, 2.24) is 5.16 Å². The molecule has 2 bridgehead atoms. The van der Waals surface area contributed by atoms with Gasteiger partial charge in [-0.1, -0.05) is 36.4 Å². The molecule has 2 amide bonds. The van der Waals surface area contributed by atoms with Crippen LogP contribution >= 0.6 is 0 Å². The smallest absolute Gasteiger partial charge is 0.262 e. The minimum atomic E-state index is -1.20. The summed E-state index contributed by atoms with van der Waals surface area (Å²) in [6.07, 6.45) is -0.414. The van der Waals surface area contributed by atoms with Gasteiger partial charge in [-0.15, -0.1) is 0 Å². The van der Waals surface area contributed by atoms with Crippen molar-refractivity contribution in [2.24, 2.45) is 11.8 Å². The van der Waals surface area contributed by atoms with Gasteiger partial charge in [0.05, 0.1) is 52.9 Å². The van der Waals surface area contributed by atoms with E-state index in [0.29, 0.717) is 33.5 Å². The molecular weight excluding hydrogens is 486 g/mol. The number of hydrogen-bond acceptors (Lipinski definition) is 8. The first kappa shape index (κ1) is 22.9. The third-order valence-electron chi connectivity index (χ3n) is 8.49. The monoisotopic (exact) mass is 509 g/mol. The Morgan fingerprint density at radius 1 is 1.05 bits per heavy atom. The molecule has 7 rings (SSSR count). The summed E-state index contributed by atoms with van der Waals surface area (Å²) < 4.78 is 17.6. The number of carbonyl (C=O) groups excluding carboxylic acids is 2. The van der Waals surface area contributed by atoms with E-state index in [-0.39, 0.29) is 25.4 Å². The van der Waals surface area contributed by atoms with Crippen molar-refractivity contribution >= 4 is 39.2 Å². The van der Waals surface area contributed by atoms with E-state index in [1.165, 1.54) is 4.90 Å². The standard InChI is InChI=1S/C29H23N3O6/c1-28-22(33)14-29(38-28,12-13-36-25-19-8-4-5-9-21(19)37-31-25)24-23(28)26(34)32(27(24)35)20-11-10-16(15-30)17-6-2-3-7-18(17)20/h2-11,22-24,33H,12-14H2,1H3. The highest BCUT2D eigenvalue weighted by molar-refractivity contribution is 6.26. The summed E-state index contributed by atoms with van der Waals surface area (Å²) in [5, 5.41) is 26.6. The molecule has 5 atom stereocenters. The van der Waals surface area contributed by atoms with Gasteiger partial charge in [0, 0.05) is 23.6 Å². The Morgan fingerprint density at radius 3 is 2.55 bits per heavy atom. The van der Waals surface area contributed by atoms with Crippen LogP contribution in [0, 0.1) is 23.2 Å². The van der Waals surface area contributed by atoms with E-state index < -0.39 is 35.0 Å². The van der Waals surface area contributed by atoms with Crippen LogP contribution in [0.25, 0.3) is 21.7 Å². The topological polar surface area (TPSA) is 126 Å². The predicted molar refractivity (Wildman–Crippen MR) is 135 cm³/mol. The van der Waals surface area contributed by atoms with Crippen molar-refractivity contribution in [3.8, 4) is 11.9 Å². The van der Waals surface area contributed by atoms with Crippen LogP contribution in [0.3, 0.4) is 0 Å². The number of rotatable bonds is 5. The Bertz CT molecular complexity index is 1690. The molecule has 9 nitrogen and oxygen atoms in total. The van der Waals surface area contributed by atoms with E-state index in [0.717, 1.165) is 5.39 Å². The third-order valence-corrected chi connectivity index (χ3v) is 8.49. The van der Waals surface area contributed by atoms with Gasteiger partial charge in [0.15, 0.2) is 5.58 Å². The number of amides is 2. The number of nitrogens with zero attached hydrogens (tertiary/aromatic N) is 3. The maximum atomic E-state index is 14.0. The van der Waals surface area contributed by atoms with Crippen molar-refractivity contribution < 1.29 is 28.7 Å². The second-order valence-corrected chi connectivity index (χ2v) is 10.4. The minimum absolute atomic E-state index is 0.157. The number of benzene rings is 3. The van der Waals surface area contributed by atoms with Crippen LogP contribution in [-0.4, -0.2) is 46.0 Å². The summed E-state index contributed by atoms with van der Waals surface area (Å²) in [6, 6.07) is 20.0. The number of fused-ring (bicyclic) bond motifs is 7. The predicted octanol–water partition coefficient (Wildman–Crippen LogP) is 3.72. The highest BCUT2D eigenvalue weighted by Crippen LogP contribution is 2.62. The largest absolute Gasteiger partial charge is 0.475 e. The van der Waals surface area contributed by atoms with Gasteiger partial charge in [-0.2, -0.15) is 5.26 Å². The molecule has 3 aliphatic rings. The average Bonchev–Trinajstić information content (AvgIpc) is 3.61. The second-order valence-electron chi connectivity index (χ2n) is 10.4. The fraction of sp³-hybridized carbons (Fsp3) is 0.310. The number of carbonyl (C=O) groups is 2. The van der Waals surface area contributed by atoms with Gasteiger partial charge >= 0.3 is 0 Å². The highest BCUT2D eigenvalue weighted by Gasteiger charge is 2.77. The molecule has 3 fully saturated rings. The first-order valence-electron chi connectivity index (χ1n) is 12.5. The molecule has 9 heteroatoms. The lowest BCUT2D eigenvalue weighted by Gasteiger charge is -2.33. The molecule has 3 saturated heterocycles. The lowest BCUT2D eigenvalue weighted by Crippen LogP contribution is -2.49. The van der Waals surface area contributed by atoms with E-state index in [1.54, 1.807) is 37.3 Å². The lowest BCUT2D eigenvalue weighted by molar-refractivity contribution is -0.134. The van der Waals surface area contributed by atoms with E-state index in [1.807, 2.05) is 30.3 Å². The molecule has 4 heterocycles. The highest BCUT2D eigenvalue weighted by atomic mass is 16.6. The van der Waals surface area contributed by atoms with Crippen LogP contribution in [0.4, 0.5) is 5.69 Å². The molecule has 3 aliphatic heterocycles. The van der Waals surface area contributed by atoms with Crippen LogP contribution in [0.1, 0.15) is 25.3 Å². The Morgan fingerprint density at radius 2 is 1.76 bits per heavy atom. The zero-order valence-corrected chi connectivity index (χ0v) is 20.5. The summed E-state index contributed by atoms with van der Waals surface area (Å²) in [6.45, 7) is 1.87. The molecule has 1 aromatic heterocycles. The third kappa shape index (κ3) is 2.90. The van der Waals surface area contributed by atoms with Gasteiger partial charge in [0.2, 0.25) is 11.8 Å². The van der Waals surface area contributed by atoms with E-state index in [2.05, 4.69) is 11.2 Å². The molecule has 4 aromatic rings. The number of para-hydroxylation sites is 1. The van der Waals surface area contributed by atoms with Crippen LogP contribution < -0.4 is 9.64 Å². The molecular formula is C29H23N3O6. The number of nitriles is 1. The van der Waals surface area contributed by atoms with Gasteiger partial charge in [0.25, 0.3) is 5.88 Å². The number of imide groups is 1. The van der Waals surface area contributed by atoms with Crippen molar-refractivity contribution in [3.05, 3.63) is 66.2 Å². The SMILES string of the molecule is CC12OC(CCOc3noc4ccccc34)(CC1O)C1C(=O)N(c3ccc(C#N)c4ccccc34)C(=O)C12. The van der Waals surface area contributed by atoms with Crippen molar-refractivity contribution in [2.45, 2.75) is 37.1 Å². The lowest BCUT2D eigenvalue weighted by atomic mass is 9.66. The number of anilines is 1. The molecule has 0 saturated carbocycles. The first-order chi connectivity index (χ1) is 18.4. The molecule has 0 radical (unpaired) electrons. The normalized spacial score (nSPS) is 29.8. The van der Waals surface area contributed by atoms with E-state index in [9.17, 15) is 20.0 Å². The summed E-state index contributed by atoms with van der Waals surface area (Å²) in [5.74, 6) is -2.03. The van der Waals surface area contributed by atoms with Gasteiger partial charge in [-0.25, -0.2) is 4.90 Å². The van der Waals surface area contributed by atoms with Gasteiger partial charge in [-0.05, 0) is 36.3 Å². The summed E-state index contributed by atoms with van der Waals surface area (Å²) in [7, 11) is 0. The van der Waals surface area contributed by atoms with Gasteiger partial charge in [0.1, 0.15) is 5.60 Å². The molecule has 190 valence electrons. The summed E-state index contributed by atoms with van der Waals surface area (Å²) in [4.78, 5) is 29.1. The van der Waals surface area contributed by atoms with Gasteiger partial charge in [-0.3, -0.25) is 9.59 Å². The van der Waals surface area contributed by atoms with E-state index in [4.69, 9.17) is 14.0 Å². The fourth-order valence-corrected chi connectivity index (χ4v) is 6.72. The molecule has 5 unspecified atom stereocenters. The molecule has 0 spiro atoms. The summed E-state index contributed by atoms with van der Waals surface area (Å²) in [5.41, 5.74) is -0.772. The molecule has 3 aromatic carbocycles. The fourth-order valence-electron chi connectivity index (χ4n) is 6.72. The number of aromatic nitrogens is 1. The zero-order chi connectivity index (χ0) is 26.2. The minimum Gasteiger partial charge on any atom is -0.475 e. The Labute approximate surface area is 217 Å². The Kier molecular flexibility index (Phi) is 4.74. The Hall–Kier alpha value is -4.26. The second kappa shape index (κ2) is 7.87. The average molecular weight is 510 g/mol. The van der Waals surface area contributed by atoms with E-state index >= 15 is 0 Å². The first-order valence-corrected chi connectivity index (χ1v) is 12.5. The van der Waals surface area contributed by atoms with Crippen molar-refractivity contribution in [3.63, 3.8) is 0 Å². The maximum Gasteiger partial charge on any atom is 0.262 e. The van der Waals surface area contributed by atoms with Crippen LogP contribution in [0.15, 0.2) is 65.2 Å². The maximum absolute atomic E-state index is 14.0. The van der Waals surface area contributed by atoms with Gasteiger partial charge < -0.3 is 19.1 Å². The van der Waals surface area contributed by atoms with Crippen molar-refractivity contribution in [1.29, 1.82) is 5.26 Å². The molecule has 0 aliphatic carbocycles. The van der Waals surface area contributed by atoms with Crippen LogP contribution in [0.5, 0.6) is 5.88 Å². The molecule has 1 N–H and O–H groups in total. The number of aliphatic hydroxyl groups excluding tert-OH is 1. The van der Waals surface area contributed by atoms with Crippen LogP contribution in [0.2, 0.25) is 0 Å². The number of hydrogen-bond donors (Lipinski definition) is 1. The zero-order valence-electron chi connectivity index (χ0n) is 20.5. The number of aliphatic hydroxyl groups is 1. The summed E-state index contributed by atoms with van der Waals surface area (Å²) >= 11 is 0. The Balaban J connectivity index is 1.23. The van der Waals surface area contributed by atoms with Crippen LogP contribution in [-0.2, 0) is 14.3 Å². The number of ether oxygens (including phenoxy) is 2.